The van der Waals surface area contributed by atoms with E-state index in [0.29, 0.717) is 5.92 Å². The van der Waals surface area contributed by atoms with Crippen LogP contribution in [0.2, 0.25) is 0 Å². The van der Waals surface area contributed by atoms with E-state index < -0.39 is 0 Å². The Morgan fingerprint density at radius 1 is 1.29 bits per heavy atom. The fourth-order valence-electron chi connectivity index (χ4n) is 1.77. The molecule has 0 spiro atoms. The van der Waals surface area contributed by atoms with Crippen molar-refractivity contribution >= 4 is 0 Å². The fourth-order valence-corrected chi connectivity index (χ4v) is 1.77. The van der Waals surface area contributed by atoms with Crippen LogP contribution in [0.3, 0.4) is 0 Å². The molecule has 0 bridgehead atoms. The molecule has 1 fully saturated rings. The van der Waals surface area contributed by atoms with Crippen LogP contribution in [0.15, 0.2) is 18.5 Å². The van der Waals surface area contributed by atoms with Crippen LogP contribution < -0.4 is 5.73 Å². The molecule has 0 amide bonds. The van der Waals surface area contributed by atoms with Gasteiger partial charge in [-0.25, -0.2) is 9.97 Å². The summed E-state index contributed by atoms with van der Waals surface area (Å²) in [5.74, 6) is 1.21. The first-order valence-corrected chi connectivity index (χ1v) is 4.98. The SMILES string of the molecule is NC(c1ncccn1)C1CCOCC1. The molecule has 2 N–H and O–H groups in total. The Bertz CT molecular complexity index is 272. The highest BCUT2D eigenvalue weighted by Crippen LogP contribution is 2.25. The topological polar surface area (TPSA) is 61.0 Å². The molecule has 1 aromatic rings. The van der Waals surface area contributed by atoms with Crippen molar-refractivity contribution in [3.05, 3.63) is 24.3 Å². The van der Waals surface area contributed by atoms with E-state index in [2.05, 4.69) is 9.97 Å². The van der Waals surface area contributed by atoms with Crippen LogP contribution in [0.4, 0.5) is 0 Å². The van der Waals surface area contributed by atoms with Gasteiger partial charge in [0.1, 0.15) is 5.82 Å². The Hall–Kier alpha value is -1.00. The second-order valence-corrected chi connectivity index (χ2v) is 3.58. The first-order chi connectivity index (χ1) is 6.88. The average Bonchev–Trinajstić information content (AvgIpc) is 2.30. The van der Waals surface area contributed by atoms with E-state index in [1.54, 1.807) is 18.5 Å². The summed E-state index contributed by atoms with van der Waals surface area (Å²) in [5.41, 5.74) is 6.09. The Morgan fingerprint density at radius 3 is 2.57 bits per heavy atom. The molecule has 76 valence electrons. The zero-order valence-electron chi connectivity index (χ0n) is 8.10. The second kappa shape index (κ2) is 4.48. The van der Waals surface area contributed by atoms with Gasteiger partial charge in [0, 0.05) is 25.6 Å². The first kappa shape index (κ1) is 9.55. The van der Waals surface area contributed by atoms with Crippen LogP contribution in [-0.4, -0.2) is 23.2 Å². The fraction of sp³-hybridized carbons (Fsp3) is 0.600. The average molecular weight is 193 g/mol. The molecule has 0 radical (unpaired) electrons. The maximum atomic E-state index is 6.09. The first-order valence-electron chi connectivity index (χ1n) is 4.98. The lowest BCUT2D eigenvalue weighted by Gasteiger charge is -2.26. The number of ether oxygens (including phenoxy) is 1. The Kier molecular flexibility index (Phi) is 3.06. The zero-order chi connectivity index (χ0) is 9.80. The molecule has 1 aromatic heterocycles. The third-order valence-electron chi connectivity index (χ3n) is 2.66. The summed E-state index contributed by atoms with van der Waals surface area (Å²) >= 11 is 0. The summed E-state index contributed by atoms with van der Waals surface area (Å²) in [7, 11) is 0. The van der Waals surface area contributed by atoms with Gasteiger partial charge in [0.05, 0.1) is 6.04 Å². The summed E-state index contributed by atoms with van der Waals surface area (Å²) in [6.07, 6.45) is 5.50. The van der Waals surface area contributed by atoms with Crippen LogP contribution in [-0.2, 0) is 4.74 Å². The summed E-state index contributed by atoms with van der Waals surface area (Å²) in [6, 6.07) is 1.76. The van der Waals surface area contributed by atoms with Gasteiger partial charge in [0.15, 0.2) is 0 Å². The van der Waals surface area contributed by atoms with Gasteiger partial charge >= 0.3 is 0 Å². The van der Waals surface area contributed by atoms with Crippen molar-refractivity contribution in [2.75, 3.05) is 13.2 Å². The zero-order valence-corrected chi connectivity index (χ0v) is 8.10. The third kappa shape index (κ3) is 2.08. The maximum Gasteiger partial charge on any atom is 0.145 e. The summed E-state index contributed by atoms with van der Waals surface area (Å²) in [6.45, 7) is 1.62. The maximum absolute atomic E-state index is 6.09. The predicted molar refractivity (Wildman–Crippen MR) is 52.5 cm³/mol. The van der Waals surface area contributed by atoms with E-state index in [-0.39, 0.29) is 6.04 Å². The molecule has 0 saturated carbocycles. The van der Waals surface area contributed by atoms with Crippen LogP contribution >= 0.6 is 0 Å². The molecular weight excluding hydrogens is 178 g/mol. The van der Waals surface area contributed by atoms with Crippen LogP contribution in [0.1, 0.15) is 24.7 Å². The van der Waals surface area contributed by atoms with Gasteiger partial charge in [0.2, 0.25) is 0 Å². The van der Waals surface area contributed by atoms with Crippen molar-refractivity contribution in [2.45, 2.75) is 18.9 Å². The van der Waals surface area contributed by atoms with Gasteiger partial charge in [-0.3, -0.25) is 0 Å². The van der Waals surface area contributed by atoms with Gasteiger partial charge in [0.25, 0.3) is 0 Å². The Balaban J connectivity index is 2.03. The number of hydrogen-bond acceptors (Lipinski definition) is 4. The molecule has 0 aromatic carbocycles. The van der Waals surface area contributed by atoms with Gasteiger partial charge in [-0.2, -0.15) is 0 Å². The van der Waals surface area contributed by atoms with E-state index in [1.807, 2.05) is 0 Å². The largest absolute Gasteiger partial charge is 0.381 e. The van der Waals surface area contributed by atoms with Crippen molar-refractivity contribution in [3.8, 4) is 0 Å². The molecule has 1 unspecified atom stereocenters. The van der Waals surface area contributed by atoms with Crippen LogP contribution in [0.25, 0.3) is 0 Å². The minimum Gasteiger partial charge on any atom is -0.381 e. The summed E-state index contributed by atoms with van der Waals surface area (Å²) < 4.78 is 5.29. The van der Waals surface area contributed by atoms with E-state index in [1.165, 1.54) is 0 Å². The smallest absolute Gasteiger partial charge is 0.145 e. The van der Waals surface area contributed by atoms with Crippen molar-refractivity contribution in [3.63, 3.8) is 0 Å². The summed E-state index contributed by atoms with van der Waals surface area (Å²) in [5, 5.41) is 0. The van der Waals surface area contributed by atoms with E-state index >= 15 is 0 Å². The molecule has 0 aliphatic carbocycles. The minimum atomic E-state index is -0.0416. The lowest BCUT2D eigenvalue weighted by molar-refractivity contribution is 0.0574. The monoisotopic (exact) mass is 193 g/mol. The second-order valence-electron chi connectivity index (χ2n) is 3.58. The Labute approximate surface area is 83.5 Å². The van der Waals surface area contributed by atoms with Crippen LogP contribution in [0, 0.1) is 5.92 Å². The lowest BCUT2D eigenvalue weighted by Crippen LogP contribution is -2.28. The normalized spacial score (nSPS) is 20.6. The third-order valence-corrected chi connectivity index (χ3v) is 2.66. The van der Waals surface area contributed by atoms with Crippen molar-refractivity contribution in [2.24, 2.45) is 11.7 Å². The highest BCUT2D eigenvalue weighted by atomic mass is 16.5. The molecule has 4 heteroatoms. The van der Waals surface area contributed by atoms with Gasteiger partial charge < -0.3 is 10.5 Å². The number of nitrogens with two attached hydrogens (primary N) is 1. The molecular formula is C10H15N3O. The standard InChI is InChI=1S/C10H15N3O/c11-9(8-2-6-14-7-3-8)10-12-4-1-5-13-10/h1,4-5,8-9H,2-3,6-7,11H2. The molecule has 1 atom stereocenters. The molecule has 4 nitrogen and oxygen atoms in total. The highest BCUT2D eigenvalue weighted by Gasteiger charge is 2.23. The highest BCUT2D eigenvalue weighted by molar-refractivity contribution is 4.97. The lowest BCUT2D eigenvalue weighted by atomic mass is 9.92. The molecule has 1 aliphatic heterocycles. The molecule has 2 heterocycles. The van der Waals surface area contributed by atoms with Gasteiger partial charge in [-0.15, -0.1) is 0 Å². The molecule has 1 aliphatic rings. The summed E-state index contributed by atoms with van der Waals surface area (Å²) in [4.78, 5) is 8.35. The number of hydrogen-bond donors (Lipinski definition) is 1. The quantitative estimate of drug-likeness (QED) is 0.758. The number of aromatic nitrogens is 2. The van der Waals surface area contributed by atoms with Crippen molar-refractivity contribution in [1.82, 2.24) is 9.97 Å². The number of rotatable bonds is 2. The molecule has 2 rings (SSSR count). The van der Waals surface area contributed by atoms with Crippen molar-refractivity contribution < 1.29 is 4.74 Å². The Morgan fingerprint density at radius 2 is 1.93 bits per heavy atom. The van der Waals surface area contributed by atoms with E-state index in [4.69, 9.17) is 10.5 Å². The van der Waals surface area contributed by atoms with Gasteiger partial charge in [-0.05, 0) is 24.8 Å². The van der Waals surface area contributed by atoms with E-state index in [9.17, 15) is 0 Å². The van der Waals surface area contributed by atoms with E-state index in [0.717, 1.165) is 31.9 Å². The molecule has 1 saturated heterocycles. The van der Waals surface area contributed by atoms with Gasteiger partial charge in [-0.1, -0.05) is 0 Å². The molecule has 14 heavy (non-hydrogen) atoms. The minimum absolute atomic E-state index is 0.0416. The predicted octanol–water partition coefficient (Wildman–Crippen LogP) is 0.903. The van der Waals surface area contributed by atoms with Crippen molar-refractivity contribution in [1.29, 1.82) is 0 Å². The van der Waals surface area contributed by atoms with Crippen LogP contribution in [0.5, 0.6) is 0 Å². The number of nitrogens with zero attached hydrogens (tertiary/aromatic N) is 2.